The highest BCUT2D eigenvalue weighted by atomic mass is 14.8. The van der Waals surface area contributed by atoms with E-state index in [2.05, 4.69) is 12.4 Å². The van der Waals surface area contributed by atoms with E-state index in [0.29, 0.717) is 5.41 Å². The van der Waals surface area contributed by atoms with Crippen molar-refractivity contribution in [2.75, 3.05) is 20.1 Å². The van der Waals surface area contributed by atoms with Crippen molar-refractivity contribution in [3.63, 3.8) is 0 Å². The molecule has 0 unspecified atom stereocenters. The van der Waals surface area contributed by atoms with E-state index in [1.807, 2.05) is 0 Å². The maximum Gasteiger partial charge on any atom is 0.000481 e. The average Bonchev–Trinajstić information content (AvgIpc) is 2.17. The molecule has 13 heavy (non-hydrogen) atoms. The third kappa shape index (κ3) is 3.28. The second kappa shape index (κ2) is 5.61. The first-order chi connectivity index (χ1) is 6.33. The van der Waals surface area contributed by atoms with Crippen molar-refractivity contribution < 1.29 is 0 Å². The molecule has 0 bridgehead atoms. The summed E-state index contributed by atoms with van der Waals surface area (Å²) in [6.07, 6.45) is 9.63. The molecule has 0 aromatic rings. The van der Waals surface area contributed by atoms with E-state index in [4.69, 9.17) is 5.73 Å². The molecule has 0 atom stereocenters. The molecule has 0 amide bonds. The normalized spacial score (nSPS) is 21.7. The molecule has 1 aliphatic carbocycles. The Hall–Kier alpha value is -0.0800. The first-order valence-electron chi connectivity index (χ1n) is 5.68. The van der Waals surface area contributed by atoms with Crippen molar-refractivity contribution in [3.8, 4) is 0 Å². The average molecular weight is 184 g/mol. The van der Waals surface area contributed by atoms with Gasteiger partial charge in [-0.15, -0.1) is 0 Å². The third-order valence-corrected chi connectivity index (χ3v) is 3.38. The number of nitrogens with one attached hydrogen (secondary N) is 1. The lowest BCUT2D eigenvalue weighted by Crippen LogP contribution is -2.35. The monoisotopic (exact) mass is 184 g/mol. The molecule has 0 aromatic carbocycles. The van der Waals surface area contributed by atoms with Crippen LogP contribution in [0.5, 0.6) is 0 Å². The van der Waals surface area contributed by atoms with Gasteiger partial charge in [-0.1, -0.05) is 19.3 Å². The fraction of sp³-hybridized carbons (Fsp3) is 1.00. The molecule has 0 spiro atoms. The van der Waals surface area contributed by atoms with Gasteiger partial charge in [0.05, 0.1) is 0 Å². The topological polar surface area (TPSA) is 38.0 Å². The zero-order valence-electron chi connectivity index (χ0n) is 8.94. The van der Waals surface area contributed by atoms with Crippen LogP contribution in [-0.4, -0.2) is 20.1 Å². The zero-order valence-corrected chi connectivity index (χ0v) is 8.94. The van der Waals surface area contributed by atoms with Crippen LogP contribution >= 0.6 is 0 Å². The molecular weight excluding hydrogens is 160 g/mol. The highest BCUT2D eigenvalue weighted by Crippen LogP contribution is 2.39. The molecule has 0 heterocycles. The molecule has 0 aliphatic heterocycles. The van der Waals surface area contributed by atoms with Crippen molar-refractivity contribution in [2.45, 2.75) is 44.9 Å². The van der Waals surface area contributed by atoms with E-state index < -0.39 is 0 Å². The van der Waals surface area contributed by atoms with Gasteiger partial charge in [0.2, 0.25) is 0 Å². The molecule has 2 heteroatoms. The van der Waals surface area contributed by atoms with Gasteiger partial charge >= 0.3 is 0 Å². The summed E-state index contributed by atoms with van der Waals surface area (Å²) < 4.78 is 0. The van der Waals surface area contributed by atoms with Crippen molar-refractivity contribution >= 4 is 0 Å². The summed E-state index contributed by atoms with van der Waals surface area (Å²) >= 11 is 0. The Morgan fingerprint density at radius 1 is 1.23 bits per heavy atom. The van der Waals surface area contributed by atoms with Gasteiger partial charge in [0.1, 0.15) is 0 Å². The van der Waals surface area contributed by atoms with Crippen LogP contribution in [0.25, 0.3) is 0 Å². The number of hydrogen-bond donors (Lipinski definition) is 2. The van der Waals surface area contributed by atoms with E-state index in [-0.39, 0.29) is 0 Å². The Labute approximate surface area is 82.3 Å². The van der Waals surface area contributed by atoms with E-state index in [0.717, 1.165) is 6.54 Å². The number of nitrogens with two attached hydrogens (primary N) is 1. The second-order valence-electron chi connectivity index (χ2n) is 4.48. The van der Waals surface area contributed by atoms with Crippen LogP contribution in [0, 0.1) is 5.41 Å². The van der Waals surface area contributed by atoms with Crippen molar-refractivity contribution in [3.05, 3.63) is 0 Å². The minimum absolute atomic E-state index is 0.590. The maximum absolute atomic E-state index is 5.58. The van der Waals surface area contributed by atoms with Crippen LogP contribution < -0.4 is 11.1 Å². The predicted molar refractivity (Wildman–Crippen MR) is 57.7 cm³/mol. The number of hydrogen-bond acceptors (Lipinski definition) is 2. The van der Waals surface area contributed by atoms with E-state index in [9.17, 15) is 0 Å². The zero-order chi connectivity index (χ0) is 9.57. The maximum atomic E-state index is 5.58. The van der Waals surface area contributed by atoms with Crippen LogP contribution in [0.4, 0.5) is 0 Å². The summed E-state index contributed by atoms with van der Waals surface area (Å²) in [5.74, 6) is 0. The molecule has 0 saturated heterocycles. The summed E-state index contributed by atoms with van der Waals surface area (Å²) in [5, 5.41) is 3.35. The van der Waals surface area contributed by atoms with Crippen LogP contribution in [0.1, 0.15) is 44.9 Å². The standard InChI is InChI=1S/C11H24N2/c1-13-10-11(8-5-9-12)6-3-2-4-7-11/h13H,2-10,12H2,1H3. The van der Waals surface area contributed by atoms with Gasteiger partial charge in [-0.25, -0.2) is 0 Å². The molecule has 1 rings (SSSR count). The number of rotatable bonds is 5. The molecule has 0 radical (unpaired) electrons. The molecular formula is C11H24N2. The van der Waals surface area contributed by atoms with E-state index in [1.54, 1.807) is 0 Å². The van der Waals surface area contributed by atoms with Crippen LogP contribution in [-0.2, 0) is 0 Å². The largest absolute Gasteiger partial charge is 0.330 e. The lowest BCUT2D eigenvalue weighted by atomic mass is 9.71. The smallest absolute Gasteiger partial charge is 0.000481 e. The highest BCUT2D eigenvalue weighted by molar-refractivity contribution is 4.84. The first-order valence-corrected chi connectivity index (χ1v) is 5.68. The SMILES string of the molecule is CNCC1(CCCN)CCCCC1. The Morgan fingerprint density at radius 3 is 2.46 bits per heavy atom. The van der Waals surface area contributed by atoms with E-state index >= 15 is 0 Å². The predicted octanol–water partition coefficient (Wildman–Crippen LogP) is 1.90. The van der Waals surface area contributed by atoms with Crippen LogP contribution in [0.15, 0.2) is 0 Å². The van der Waals surface area contributed by atoms with Crippen LogP contribution in [0.3, 0.4) is 0 Å². The van der Waals surface area contributed by atoms with Crippen molar-refractivity contribution in [1.82, 2.24) is 5.32 Å². The summed E-state index contributed by atoms with van der Waals surface area (Å²) in [4.78, 5) is 0. The van der Waals surface area contributed by atoms with Gasteiger partial charge in [0.15, 0.2) is 0 Å². The molecule has 1 fully saturated rings. The summed E-state index contributed by atoms with van der Waals surface area (Å²) in [5.41, 5.74) is 6.17. The Balaban J connectivity index is 2.40. The van der Waals surface area contributed by atoms with Gasteiger partial charge in [-0.3, -0.25) is 0 Å². The summed E-state index contributed by atoms with van der Waals surface area (Å²) in [7, 11) is 2.07. The Kier molecular flexibility index (Phi) is 4.74. The molecule has 78 valence electrons. The molecule has 1 aliphatic rings. The molecule has 2 nitrogen and oxygen atoms in total. The minimum Gasteiger partial charge on any atom is -0.330 e. The fourth-order valence-electron chi connectivity index (χ4n) is 2.67. The quantitative estimate of drug-likeness (QED) is 0.685. The summed E-state index contributed by atoms with van der Waals surface area (Å²) in [6.45, 7) is 2.04. The molecule has 3 N–H and O–H groups in total. The Morgan fingerprint density at radius 2 is 1.92 bits per heavy atom. The minimum atomic E-state index is 0.590. The van der Waals surface area contributed by atoms with Gasteiger partial charge in [0, 0.05) is 6.54 Å². The van der Waals surface area contributed by atoms with Crippen molar-refractivity contribution in [2.24, 2.45) is 11.1 Å². The van der Waals surface area contributed by atoms with Gasteiger partial charge in [-0.2, -0.15) is 0 Å². The first kappa shape index (κ1) is 11.0. The fourth-order valence-corrected chi connectivity index (χ4v) is 2.67. The Bertz CT molecular complexity index is 123. The summed E-state index contributed by atoms with van der Waals surface area (Å²) in [6, 6.07) is 0. The molecule has 0 aromatic heterocycles. The lowest BCUT2D eigenvalue weighted by Gasteiger charge is -2.37. The van der Waals surface area contributed by atoms with Crippen molar-refractivity contribution in [1.29, 1.82) is 0 Å². The van der Waals surface area contributed by atoms with Gasteiger partial charge < -0.3 is 11.1 Å². The lowest BCUT2D eigenvalue weighted by molar-refractivity contribution is 0.168. The van der Waals surface area contributed by atoms with Gasteiger partial charge in [-0.05, 0) is 44.7 Å². The highest BCUT2D eigenvalue weighted by Gasteiger charge is 2.30. The van der Waals surface area contributed by atoms with Crippen LogP contribution in [0.2, 0.25) is 0 Å². The second-order valence-corrected chi connectivity index (χ2v) is 4.48. The van der Waals surface area contributed by atoms with Gasteiger partial charge in [0.25, 0.3) is 0 Å². The molecule has 1 saturated carbocycles. The van der Waals surface area contributed by atoms with E-state index in [1.165, 1.54) is 51.5 Å². The third-order valence-electron chi connectivity index (χ3n) is 3.38.